The second kappa shape index (κ2) is 11.6. The number of nitro groups is 1. The van der Waals surface area contributed by atoms with Crippen molar-refractivity contribution in [3.05, 3.63) is 81.4 Å². The number of hydrogen-bond acceptors (Lipinski definition) is 9. The van der Waals surface area contributed by atoms with E-state index in [0.29, 0.717) is 0 Å². The molecule has 0 atom stereocenters. The van der Waals surface area contributed by atoms with Crippen LogP contribution in [0, 0.1) is 10.1 Å². The Kier molecular flexibility index (Phi) is 8.29. The standard InChI is InChI=1S/C25H24N2O9/c1-32-19-13-17(25(29)35-4)20(23(34-3)22(19)33-2)26-24(28)16-11-8-12-18(21(16)27(30)31)36-14-15-9-6-5-7-10-15/h5-13H,14H2,1-4H3,(H,26,28). The zero-order chi connectivity index (χ0) is 26.2. The highest BCUT2D eigenvalue weighted by Gasteiger charge is 2.30. The second-order valence-electron chi connectivity index (χ2n) is 7.20. The maximum absolute atomic E-state index is 13.3. The van der Waals surface area contributed by atoms with Crippen molar-refractivity contribution >= 4 is 23.3 Å². The van der Waals surface area contributed by atoms with Gasteiger partial charge in [-0.1, -0.05) is 36.4 Å². The van der Waals surface area contributed by atoms with Crippen LogP contribution < -0.4 is 24.3 Å². The van der Waals surface area contributed by atoms with Gasteiger partial charge in [-0.3, -0.25) is 14.9 Å². The molecule has 0 bridgehead atoms. The van der Waals surface area contributed by atoms with E-state index >= 15 is 0 Å². The molecule has 0 aromatic heterocycles. The summed E-state index contributed by atoms with van der Waals surface area (Å²) < 4.78 is 26.5. The first kappa shape index (κ1) is 25.8. The van der Waals surface area contributed by atoms with Gasteiger partial charge in [0.25, 0.3) is 5.91 Å². The summed E-state index contributed by atoms with van der Waals surface area (Å²) in [6.07, 6.45) is 0. The fourth-order valence-corrected chi connectivity index (χ4v) is 3.48. The molecule has 0 aliphatic carbocycles. The van der Waals surface area contributed by atoms with Gasteiger partial charge in [-0.15, -0.1) is 0 Å². The van der Waals surface area contributed by atoms with Gasteiger partial charge in [0.05, 0.1) is 38.9 Å². The first-order chi connectivity index (χ1) is 17.4. The molecule has 36 heavy (non-hydrogen) atoms. The quantitative estimate of drug-likeness (QED) is 0.248. The van der Waals surface area contributed by atoms with E-state index in [1.807, 2.05) is 18.2 Å². The lowest BCUT2D eigenvalue weighted by Gasteiger charge is -2.19. The van der Waals surface area contributed by atoms with Crippen LogP contribution in [0.2, 0.25) is 0 Å². The molecule has 3 rings (SSSR count). The van der Waals surface area contributed by atoms with Crippen LogP contribution in [0.4, 0.5) is 11.4 Å². The Morgan fingerprint density at radius 2 is 1.56 bits per heavy atom. The van der Waals surface area contributed by atoms with Gasteiger partial charge in [0.1, 0.15) is 17.9 Å². The molecule has 0 heterocycles. The number of nitrogens with zero attached hydrogens (tertiary/aromatic N) is 1. The van der Waals surface area contributed by atoms with Crippen LogP contribution in [0.3, 0.4) is 0 Å². The second-order valence-corrected chi connectivity index (χ2v) is 7.20. The lowest BCUT2D eigenvalue weighted by molar-refractivity contribution is -0.386. The maximum atomic E-state index is 13.3. The van der Waals surface area contributed by atoms with Gasteiger partial charge in [-0.2, -0.15) is 0 Å². The van der Waals surface area contributed by atoms with E-state index in [0.717, 1.165) is 12.7 Å². The van der Waals surface area contributed by atoms with Crippen molar-refractivity contribution in [1.29, 1.82) is 0 Å². The topological polar surface area (TPSA) is 135 Å². The molecular formula is C25H24N2O9. The van der Waals surface area contributed by atoms with Crippen LogP contribution in [-0.2, 0) is 11.3 Å². The Morgan fingerprint density at radius 1 is 0.861 bits per heavy atom. The molecule has 1 N–H and O–H groups in total. The number of hydrogen-bond donors (Lipinski definition) is 1. The van der Waals surface area contributed by atoms with Gasteiger partial charge in [0, 0.05) is 6.07 Å². The molecule has 0 aliphatic heterocycles. The van der Waals surface area contributed by atoms with Crippen molar-refractivity contribution in [3.63, 3.8) is 0 Å². The van der Waals surface area contributed by atoms with Gasteiger partial charge in [-0.05, 0) is 17.7 Å². The predicted octanol–water partition coefficient (Wildman–Crippen LogP) is 4.24. The smallest absolute Gasteiger partial charge is 0.340 e. The largest absolute Gasteiger partial charge is 0.493 e. The molecule has 0 aliphatic rings. The van der Waals surface area contributed by atoms with E-state index in [2.05, 4.69) is 5.32 Å². The summed E-state index contributed by atoms with van der Waals surface area (Å²) in [5.41, 5.74) is -0.265. The normalized spacial score (nSPS) is 10.2. The molecule has 3 aromatic carbocycles. The highest BCUT2D eigenvalue weighted by molar-refractivity contribution is 6.12. The van der Waals surface area contributed by atoms with Crippen LogP contribution in [0.25, 0.3) is 0 Å². The van der Waals surface area contributed by atoms with Crippen molar-refractivity contribution in [2.75, 3.05) is 33.8 Å². The van der Waals surface area contributed by atoms with Gasteiger partial charge < -0.3 is 29.0 Å². The molecule has 0 spiro atoms. The summed E-state index contributed by atoms with van der Waals surface area (Å²) in [4.78, 5) is 37.0. The fraction of sp³-hybridized carbons (Fsp3) is 0.200. The van der Waals surface area contributed by atoms with E-state index in [-0.39, 0.29) is 46.4 Å². The number of esters is 1. The fourth-order valence-electron chi connectivity index (χ4n) is 3.48. The molecular weight excluding hydrogens is 472 g/mol. The van der Waals surface area contributed by atoms with E-state index in [1.54, 1.807) is 12.1 Å². The maximum Gasteiger partial charge on any atom is 0.340 e. The number of carbonyl (C=O) groups is 2. The molecule has 0 fully saturated rings. The molecule has 11 nitrogen and oxygen atoms in total. The number of ether oxygens (including phenoxy) is 5. The molecule has 0 unspecified atom stereocenters. The van der Waals surface area contributed by atoms with E-state index in [1.165, 1.54) is 45.6 Å². The van der Waals surface area contributed by atoms with Crippen molar-refractivity contribution in [2.24, 2.45) is 0 Å². The Balaban J connectivity index is 2.06. The number of amides is 1. The Hall–Kier alpha value is -4.80. The highest BCUT2D eigenvalue weighted by Crippen LogP contribution is 2.46. The summed E-state index contributed by atoms with van der Waals surface area (Å²) in [7, 11) is 5.17. The predicted molar refractivity (Wildman–Crippen MR) is 129 cm³/mol. The van der Waals surface area contributed by atoms with Crippen molar-refractivity contribution in [1.82, 2.24) is 0 Å². The van der Waals surface area contributed by atoms with Crippen LogP contribution in [-0.4, -0.2) is 45.2 Å². The van der Waals surface area contributed by atoms with E-state index < -0.39 is 22.5 Å². The van der Waals surface area contributed by atoms with E-state index in [4.69, 9.17) is 23.7 Å². The third-order valence-electron chi connectivity index (χ3n) is 5.14. The zero-order valence-corrected chi connectivity index (χ0v) is 20.0. The number of anilines is 1. The molecule has 11 heteroatoms. The number of benzene rings is 3. The average Bonchev–Trinajstić information content (AvgIpc) is 2.90. The number of para-hydroxylation sites is 1. The van der Waals surface area contributed by atoms with Gasteiger partial charge in [0.2, 0.25) is 5.75 Å². The molecule has 0 saturated carbocycles. The van der Waals surface area contributed by atoms with Gasteiger partial charge in [0.15, 0.2) is 17.2 Å². The summed E-state index contributed by atoms with van der Waals surface area (Å²) in [5, 5.41) is 14.5. The lowest BCUT2D eigenvalue weighted by Crippen LogP contribution is -2.18. The first-order valence-electron chi connectivity index (χ1n) is 10.5. The Labute approximate surface area is 206 Å². The molecule has 0 saturated heterocycles. The lowest BCUT2D eigenvalue weighted by atomic mass is 10.1. The minimum atomic E-state index is -0.887. The molecule has 0 radical (unpaired) electrons. The van der Waals surface area contributed by atoms with Crippen LogP contribution in [0.15, 0.2) is 54.6 Å². The van der Waals surface area contributed by atoms with Gasteiger partial charge >= 0.3 is 11.7 Å². The summed E-state index contributed by atoms with van der Waals surface area (Å²) in [5.74, 6) is -1.58. The van der Waals surface area contributed by atoms with Crippen molar-refractivity contribution in [2.45, 2.75) is 6.61 Å². The van der Waals surface area contributed by atoms with Crippen LogP contribution >= 0.6 is 0 Å². The highest BCUT2D eigenvalue weighted by atomic mass is 16.6. The third kappa shape index (κ3) is 5.30. The molecule has 188 valence electrons. The SMILES string of the molecule is COC(=O)c1cc(OC)c(OC)c(OC)c1NC(=O)c1cccc(OCc2ccccc2)c1[N+](=O)[O-]. The van der Waals surface area contributed by atoms with Crippen molar-refractivity contribution in [3.8, 4) is 23.0 Å². The summed E-state index contributed by atoms with van der Waals surface area (Å²) in [6.45, 7) is 0.0583. The molecule has 1 amide bonds. The minimum Gasteiger partial charge on any atom is -0.493 e. The van der Waals surface area contributed by atoms with Gasteiger partial charge in [-0.25, -0.2) is 4.79 Å². The molecule has 3 aromatic rings. The van der Waals surface area contributed by atoms with Crippen LogP contribution in [0.5, 0.6) is 23.0 Å². The van der Waals surface area contributed by atoms with E-state index in [9.17, 15) is 19.7 Å². The Morgan fingerprint density at radius 3 is 2.14 bits per heavy atom. The number of methoxy groups -OCH3 is 4. The van der Waals surface area contributed by atoms with Crippen LogP contribution in [0.1, 0.15) is 26.3 Å². The average molecular weight is 496 g/mol. The summed E-state index contributed by atoms with van der Waals surface area (Å²) >= 11 is 0. The third-order valence-corrected chi connectivity index (χ3v) is 5.14. The number of nitrogens with one attached hydrogen (secondary N) is 1. The zero-order valence-electron chi connectivity index (χ0n) is 20.0. The first-order valence-corrected chi connectivity index (χ1v) is 10.5. The Bertz CT molecular complexity index is 1280. The summed E-state index contributed by atoms with van der Waals surface area (Å²) in [6, 6.07) is 14.5. The minimum absolute atomic E-state index is 0.0373. The monoisotopic (exact) mass is 496 g/mol. The number of carbonyl (C=O) groups excluding carboxylic acids is 2. The van der Waals surface area contributed by atoms with Crippen molar-refractivity contribution < 1.29 is 38.2 Å². The number of nitro benzene ring substituents is 1. The number of rotatable bonds is 10.